The highest BCUT2D eigenvalue weighted by molar-refractivity contribution is 5.98. The van der Waals surface area contributed by atoms with Gasteiger partial charge in [-0.1, -0.05) is 12.1 Å². The largest absolute Gasteiger partial charge is 0.398 e. The Morgan fingerprint density at radius 3 is 2.70 bits per heavy atom. The first-order valence-electron chi connectivity index (χ1n) is 6.24. The highest BCUT2D eigenvalue weighted by Crippen LogP contribution is 2.17. The van der Waals surface area contributed by atoms with Crippen LogP contribution in [-0.2, 0) is 6.42 Å². The van der Waals surface area contributed by atoms with E-state index in [-0.39, 0.29) is 5.82 Å². The number of amides is 1. The van der Waals surface area contributed by atoms with Crippen molar-refractivity contribution in [3.63, 3.8) is 0 Å². The van der Waals surface area contributed by atoms with Gasteiger partial charge in [-0.2, -0.15) is 0 Å². The summed E-state index contributed by atoms with van der Waals surface area (Å²) in [5.74, 6) is -0.803. The predicted molar refractivity (Wildman–Crippen MR) is 78.0 cm³/mol. The average Bonchev–Trinajstić information content (AvgIpc) is 2.40. The Labute approximate surface area is 116 Å². The minimum atomic E-state index is -0.559. The maximum atomic E-state index is 13.0. The molecule has 1 amide bonds. The third-order valence-corrected chi connectivity index (χ3v) is 2.95. The summed E-state index contributed by atoms with van der Waals surface area (Å²) >= 11 is 0. The molecule has 5 N–H and O–H groups in total. The minimum absolute atomic E-state index is 0.244. The number of benzene rings is 2. The minimum Gasteiger partial charge on any atom is -0.398 e. The monoisotopic (exact) mass is 273 g/mol. The van der Waals surface area contributed by atoms with Gasteiger partial charge in [-0.3, -0.25) is 4.79 Å². The number of rotatable bonds is 5. The van der Waals surface area contributed by atoms with E-state index in [9.17, 15) is 9.18 Å². The molecule has 0 aliphatic carbocycles. The van der Waals surface area contributed by atoms with E-state index in [0.29, 0.717) is 24.2 Å². The number of hydrogen-bond donors (Lipinski definition) is 3. The smallest absolute Gasteiger partial charge is 0.250 e. The standard InChI is InChI=1S/C15H16FN3O/c16-11-3-1-2-10(8-11)6-7-19-12-4-5-14(17)13(9-12)15(18)20/h1-5,8-9,19H,6-7,17H2,(H2,18,20). The van der Waals surface area contributed by atoms with Crippen molar-refractivity contribution in [2.45, 2.75) is 6.42 Å². The van der Waals surface area contributed by atoms with E-state index in [1.165, 1.54) is 12.1 Å². The fourth-order valence-electron chi connectivity index (χ4n) is 1.92. The van der Waals surface area contributed by atoms with Crippen molar-refractivity contribution in [2.75, 3.05) is 17.6 Å². The summed E-state index contributed by atoms with van der Waals surface area (Å²) in [4.78, 5) is 11.2. The maximum Gasteiger partial charge on any atom is 0.250 e. The Kier molecular flexibility index (Phi) is 4.20. The zero-order chi connectivity index (χ0) is 14.5. The SMILES string of the molecule is NC(=O)c1cc(NCCc2cccc(F)c2)ccc1N. The molecule has 0 aliphatic rings. The van der Waals surface area contributed by atoms with Gasteiger partial charge in [0, 0.05) is 17.9 Å². The second-order valence-electron chi connectivity index (χ2n) is 4.47. The van der Waals surface area contributed by atoms with Crippen LogP contribution in [0.4, 0.5) is 15.8 Å². The Bertz CT molecular complexity index is 628. The Hall–Kier alpha value is -2.56. The zero-order valence-electron chi connectivity index (χ0n) is 10.9. The number of carbonyl (C=O) groups excluding carboxylic acids is 1. The third-order valence-electron chi connectivity index (χ3n) is 2.95. The number of anilines is 2. The third kappa shape index (κ3) is 3.47. The number of nitrogens with one attached hydrogen (secondary N) is 1. The molecular weight excluding hydrogens is 257 g/mol. The molecule has 2 rings (SSSR count). The molecule has 20 heavy (non-hydrogen) atoms. The topological polar surface area (TPSA) is 81.1 Å². The molecule has 0 fully saturated rings. The molecule has 0 saturated carbocycles. The van der Waals surface area contributed by atoms with Gasteiger partial charge in [0.2, 0.25) is 0 Å². The van der Waals surface area contributed by atoms with Crippen molar-refractivity contribution in [3.8, 4) is 0 Å². The molecule has 0 saturated heterocycles. The molecule has 0 atom stereocenters. The van der Waals surface area contributed by atoms with Gasteiger partial charge in [-0.25, -0.2) is 4.39 Å². The fourth-order valence-corrected chi connectivity index (χ4v) is 1.92. The lowest BCUT2D eigenvalue weighted by Gasteiger charge is -2.09. The van der Waals surface area contributed by atoms with Crippen molar-refractivity contribution in [1.29, 1.82) is 0 Å². The summed E-state index contributed by atoms with van der Waals surface area (Å²) in [6.07, 6.45) is 0.675. The van der Waals surface area contributed by atoms with Crippen LogP contribution in [0.3, 0.4) is 0 Å². The van der Waals surface area contributed by atoms with E-state index < -0.39 is 5.91 Å². The van der Waals surface area contributed by atoms with Crippen molar-refractivity contribution < 1.29 is 9.18 Å². The van der Waals surface area contributed by atoms with Crippen molar-refractivity contribution in [2.24, 2.45) is 5.73 Å². The lowest BCUT2D eigenvalue weighted by molar-refractivity contribution is 0.100. The van der Waals surface area contributed by atoms with Gasteiger partial charge in [0.15, 0.2) is 0 Å². The normalized spacial score (nSPS) is 10.2. The van der Waals surface area contributed by atoms with E-state index in [0.717, 1.165) is 11.3 Å². The summed E-state index contributed by atoms with van der Waals surface area (Å²) in [5.41, 5.74) is 13.2. The molecule has 0 bridgehead atoms. The molecule has 4 nitrogen and oxygen atoms in total. The van der Waals surface area contributed by atoms with Gasteiger partial charge >= 0.3 is 0 Å². The molecule has 0 spiro atoms. The van der Waals surface area contributed by atoms with Crippen LogP contribution in [-0.4, -0.2) is 12.5 Å². The number of nitrogen functional groups attached to an aromatic ring is 1. The number of nitrogens with two attached hydrogens (primary N) is 2. The van der Waals surface area contributed by atoms with E-state index in [4.69, 9.17) is 11.5 Å². The molecule has 2 aromatic rings. The summed E-state index contributed by atoms with van der Waals surface area (Å²) in [6.45, 7) is 0.617. The van der Waals surface area contributed by atoms with Gasteiger partial charge in [-0.15, -0.1) is 0 Å². The van der Waals surface area contributed by atoms with Crippen LogP contribution < -0.4 is 16.8 Å². The lowest BCUT2D eigenvalue weighted by atomic mass is 10.1. The number of carbonyl (C=O) groups is 1. The Morgan fingerprint density at radius 1 is 1.20 bits per heavy atom. The number of primary amides is 1. The van der Waals surface area contributed by atoms with Crippen molar-refractivity contribution in [1.82, 2.24) is 0 Å². The quantitative estimate of drug-likeness (QED) is 0.730. The van der Waals surface area contributed by atoms with Gasteiger partial charge in [0.25, 0.3) is 5.91 Å². The van der Waals surface area contributed by atoms with Crippen LogP contribution in [0.15, 0.2) is 42.5 Å². The highest BCUT2D eigenvalue weighted by atomic mass is 19.1. The molecule has 0 aliphatic heterocycles. The van der Waals surface area contributed by atoms with Crippen molar-refractivity contribution >= 4 is 17.3 Å². The second-order valence-corrected chi connectivity index (χ2v) is 4.47. The summed E-state index contributed by atoms with van der Waals surface area (Å²) < 4.78 is 13.0. The van der Waals surface area contributed by atoms with Crippen molar-refractivity contribution in [3.05, 3.63) is 59.4 Å². The summed E-state index contributed by atoms with van der Waals surface area (Å²) in [6, 6.07) is 11.5. The summed E-state index contributed by atoms with van der Waals surface area (Å²) in [5, 5.41) is 3.15. The average molecular weight is 273 g/mol. The number of hydrogen-bond acceptors (Lipinski definition) is 3. The van der Waals surface area contributed by atoms with Crippen LogP contribution in [0.5, 0.6) is 0 Å². The van der Waals surface area contributed by atoms with E-state index >= 15 is 0 Å². The van der Waals surface area contributed by atoms with E-state index in [1.54, 1.807) is 24.3 Å². The van der Waals surface area contributed by atoms with Gasteiger partial charge in [-0.05, 0) is 42.3 Å². The molecule has 5 heteroatoms. The Morgan fingerprint density at radius 2 is 2.00 bits per heavy atom. The molecule has 0 aromatic heterocycles. The van der Waals surface area contributed by atoms with Crippen LogP contribution in [0.25, 0.3) is 0 Å². The highest BCUT2D eigenvalue weighted by Gasteiger charge is 2.06. The van der Waals surface area contributed by atoms with Gasteiger partial charge < -0.3 is 16.8 Å². The first kappa shape index (κ1) is 13.9. The van der Waals surface area contributed by atoms with Crippen LogP contribution in [0.1, 0.15) is 15.9 Å². The first-order chi connectivity index (χ1) is 9.56. The fraction of sp³-hybridized carbons (Fsp3) is 0.133. The lowest BCUT2D eigenvalue weighted by Crippen LogP contribution is -2.14. The van der Waals surface area contributed by atoms with E-state index in [2.05, 4.69) is 5.32 Å². The predicted octanol–water partition coefficient (Wildman–Crippen LogP) is 2.16. The van der Waals surface area contributed by atoms with E-state index in [1.807, 2.05) is 6.07 Å². The summed E-state index contributed by atoms with van der Waals surface area (Å²) in [7, 11) is 0. The maximum absolute atomic E-state index is 13.0. The first-order valence-corrected chi connectivity index (χ1v) is 6.24. The van der Waals surface area contributed by atoms with Gasteiger partial charge in [0.05, 0.1) is 5.56 Å². The Balaban J connectivity index is 1.97. The molecule has 0 unspecified atom stereocenters. The zero-order valence-corrected chi connectivity index (χ0v) is 10.9. The molecular formula is C15H16FN3O. The second kappa shape index (κ2) is 6.06. The van der Waals surface area contributed by atoms with Gasteiger partial charge in [0.1, 0.15) is 5.82 Å². The van der Waals surface area contributed by atoms with Crippen LogP contribution in [0, 0.1) is 5.82 Å². The molecule has 0 radical (unpaired) electrons. The van der Waals surface area contributed by atoms with Crippen LogP contribution >= 0.6 is 0 Å². The molecule has 0 heterocycles. The molecule has 104 valence electrons. The van der Waals surface area contributed by atoms with Crippen LogP contribution in [0.2, 0.25) is 0 Å². The molecule has 2 aromatic carbocycles. The number of halogens is 1.